The predicted octanol–water partition coefficient (Wildman–Crippen LogP) is 3.09. The number of esters is 1. The molecule has 132 valence electrons. The van der Waals surface area contributed by atoms with Gasteiger partial charge in [0.1, 0.15) is 22.8 Å². The second-order valence-electron chi connectivity index (χ2n) is 5.90. The maximum absolute atomic E-state index is 11.3. The number of aryl methyl sites for hydroxylation is 1. The molecule has 0 bridgehead atoms. The highest BCUT2D eigenvalue weighted by Gasteiger charge is 2.23. The van der Waals surface area contributed by atoms with Crippen LogP contribution in [0.5, 0.6) is 0 Å². The van der Waals surface area contributed by atoms with Crippen LogP contribution in [0.1, 0.15) is 23.8 Å². The van der Waals surface area contributed by atoms with Crippen molar-refractivity contribution in [2.24, 2.45) is 5.92 Å². The lowest BCUT2D eigenvalue weighted by Gasteiger charge is -2.18. The van der Waals surface area contributed by atoms with E-state index in [2.05, 4.69) is 16.9 Å². The molecule has 1 unspecified atom stereocenters. The van der Waals surface area contributed by atoms with Crippen molar-refractivity contribution in [3.63, 3.8) is 0 Å². The van der Waals surface area contributed by atoms with Gasteiger partial charge >= 0.3 is 11.9 Å². The van der Waals surface area contributed by atoms with Crippen LogP contribution >= 0.6 is 23.1 Å². The molecule has 0 amide bonds. The van der Waals surface area contributed by atoms with Gasteiger partial charge in [0.25, 0.3) is 0 Å². The minimum Gasteiger partial charge on any atom is -0.478 e. The number of carbonyl (C=O) groups excluding carboxylic acids is 1. The molecule has 0 spiro atoms. The van der Waals surface area contributed by atoms with Gasteiger partial charge in [-0.2, -0.15) is 0 Å². The summed E-state index contributed by atoms with van der Waals surface area (Å²) in [6.45, 7) is 2.48. The number of thiophene rings is 1. The van der Waals surface area contributed by atoms with Gasteiger partial charge < -0.3 is 9.84 Å². The standard InChI is InChI=1S/C17H18N2O4S2/c1-10-2-3-11-12(8-10)25-17-15(11)16(18-9-19-17)24-7-6-23-14(22)5-4-13(20)21/h4-5,9-10H,2-3,6-8H2,1H3,(H,20,21)/b5-4+. The molecular formula is C17H18N2O4S2. The maximum atomic E-state index is 11.3. The predicted molar refractivity (Wildman–Crippen MR) is 97.1 cm³/mol. The summed E-state index contributed by atoms with van der Waals surface area (Å²) in [5.41, 5.74) is 1.38. The highest BCUT2D eigenvalue weighted by molar-refractivity contribution is 7.99. The Morgan fingerprint density at radius 3 is 3.08 bits per heavy atom. The van der Waals surface area contributed by atoms with Crippen LogP contribution in [0.4, 0.5) is 0 Å². The van der Waals surface area contributed by atoms with Crippen LogP contribution in [0.2, 0.25) is 0 Å². The van der Waals surface area contributed by atoms with Crippen molar-refractivity contribution in [3.05, 3.63) is 28.9 Å². The first-order valence-corrected chi connectivity index (χ1v) is 9.80. The summed E-state index contributed by atoms with van der Waals surface area (Å²) in [5.74, 6) is -0.563. The third kappa shape index (κ3) is 4.38. The number of carboxylic acids is 1. The summed E-state index contributed by atoms with van der Waals surface area (Å²) < 4.78 is 4.98. The number of fused-ring (bicyclic) bond motifs is 3. The van der Waals surface area contributed by atoms with E-state index in [1.807, 2.05) is 0 Å². The van der Waals surface area contributed by atoms with Gasteiger partial charge in [0, 0.05) is 28.2 Å². The number of rotatable bonds is 6. The van der Waals surface area contributed by atoms with Gasteiger partial charge in [-0.25, -0.2) is 19.6 Å². The van der Waals surface area contributed by atoms with E-state index in [0.29, 0.717) is 11.7 Å². The smallest absolute Gasteiger partial charge is 0.331 e. The van der Waals surface area contributed by atoms with Crippen molar-refractivity contribution < 1.29 is 19.4 Å². The molecule has 2 aromatic rings. The highest BCUT2D eigenvalue weighted by atomic mass is 32.2. The zero-order valence-corrected chi connectivity index (χ0v) is 15.4. The van der Waals surface area contributed by atoms with Gasteiger partial charge in [-0.3, -0.25) is 0 Å². The van der Waals surface area contributed by atoms with Gasteiger partial charge in [0.05, 0.1) is 0 Å². The third-order valence-electron chi connectivity index (χ3n) is 3.99. The third-order valence-corrected chi connectivity index (χ3v) is 6.10. The molecule has 1 aliphatic rings. The summed E-state index contributed by atoms with van der Waals surface area (Å²) >= 11 is 3.29. The molecule has 1 N–H and O–H groups in total. The first-order valence-electron chi connectivity index (χ1n) is 8.00. The summed E-state index contributed by atoms with van der Waals surface area (Å²) in [4.78, 5) is 33.0. The molecule has 0 saturated carbocycles. The van der Waals surface area contributed by atoms with Crippen molar-refractivity contribution >= 4 is 45.3 Å². The lowest BCUT2D eigenvalue weighted by Crippen LogP contribution is -2.09. The van der Waals surface area contributed by atoms with Crippen LogP contribution in [0.25, 0.3) is 10.2 Å². The van der Waals surface area contributed by atoms with Crippen LogP contribution in [0.15, 0.2) is 23.5 Å². The number of thioether (sulfide) groups is 1. The monoisotopic (exact) mass is 378 g/mol. The summed E-state index contributed by atoms with van der Waals surface area (Å²) in [6, 6.07) is 0. The van der Waals surface area contributed by atoms with Gasteiger partial charge in [0.15, 0.2) is 0 Å². The Morgan fingerprint density at radius 2 is 2.28 bits per heavy atom. The average Bonchev–Trinajstić information content (AvgIpc) is 2.94. The maximum Gasteiger partial charge on any atom is 0.331 e. The Hall–Kier alpha value is -1.93. The van der Waals surface area contributed by atoms with E-state index in [0.717, 1.165) is 40.2 Å². The molecule has 0 aromatic carbocycles. The lowest BCUT2D eigenvalue weighted by molar-refractivity contribution is -0.138. The number of carbonyl (C=O) groups is 2. The molecular weight excluding hydrogens is 360 g/mol. The van der Waals surface area contributed by atoms with E-state index in [-0.39, 0.29) is 6.61 Å². The topological polar surface area (TPSA) is 89.4 Å². The lowest BCUT2D eigenvalue weighted by atomic mass is 9.89. The minimum absolute atomic E-state index is 0.197. The zero-order valence-electron chi connectivity index (χ0n) is 13.7. The van der Waals surface area contributed by atoms with E-state index >= 15 is 0 Å². The fraction of sp³-hybridized carbons (Fsp3) is 0.412. The molecule has 0 saturated heterocycles. The first-order chi connectivity index (χ1) is 12.0. The fourth-order valence-corrected chi connectivity index (χ4v) is 5.08. The van der Waals surface area contributed by atoms with Gasteiger partial charge in [0.2, 0.25) is 0 Å². The number of nitrogens with zero attached hydrogens (tertiary/aromatic N) is 2. The molecule has 0 fully saturated rings. The number of hydrogen-bond donors (Lipinski definition) is 1. The number of hydrogen-bond acceptors (Lipinski definition) is 7. The molecule has 8 heteroatoms. The van der Waals surface area contributed by atoms with Gasteiger partial charge in [-0.05, 0) is 30.7 Å². The number of aliphatic carboxylic acids is 1. The number of carboxylic acid groups (broad SMARTS) is 1. The average molecular weight is 378 g/mol. The SMILES string of the molecule is CC1CCc2c(sc3ncnc(SCCOC(=O)/C=C/C(=O)O)c23)C1. The number of ether oxygens (including phenoxy) is 1. The molecule has 0 radical (unpaired) electrons. The van der Waals surface area contributed by atoms with Crippen molar-refractivity contribution in [1.82, 2.24) is 9.97 Å². The Morgan fingerprint density at radius 1 is 1.44 bits per heavy atom. The Labute approximate surface area is 153 Å². The van der Waals surface area contributed by atoms with Gasteiger partial charge in [-0.1, -0.05) is 6.92 Å². The molecule has 3 rings (SSSR count). The minimum atomic E-state index is -1.17. The van der Waals surface area contributed by atoms with Crippen LogP contribution in [0, 0.1) is 5.92 Å². The van der Waals surface area contributed by atoms with Crippen molar-refractivity contribution in [3.8, 4) is 0 Å². The molecule has 25 heavy (non-hydrogen) atoms. The summed E-state index contributed by atoms with van der Waals surface area (Å²) in [7, 11) is 0. The van der Waals surface area contributed by atoms with Crippen LogP contribution in [0.3, 0.4) is 0 Å². The van der Waals surface area contributed by atoms with E-state index in [1.165, 1.54) is 28.6 Å². The molecule has 1 aliphatic carbocycles. The Balaban J connectivity index is 1.64. The van der Waals surface area contributed by atoms with E-state index in [1.54, 1.807) is 17.7 Å². The molecule has 0 aliphatic heterocycles. The quantitative estimate of drug-likeness (QED) is 0.272. The molecule has 2 heterocycles. The second kappa shape index (κ2) is 7.97. The zero-order chi connectivity index (χ0) is 17.8. The van der Waals surface area contributed by atoms with Crippen LogP contribution < -0.4 is 0 Å². The Kier molecular flexibility index (Phi) is 5.70. The summed E-state index contributed by atoms with van der Waals surface area (Å²) in [6.07, 6.45) is 6.61. The highest BCUT2D eigenvalue weighted by Crippen LogP contribution is 2.40. The summed E-state index contributed by atoms with van der Waals surface area (Å²) in [5, 5.41) is 10.5. The van der Waals surface area contributed by atoms with Crippen LogP contribution in [-0.2, 0) is 27.2 Å². The van der Waals surface area contributed by atoms with E-state index in [4.69, 9.17) is 9.84 Å². The van der Waals surface area contributed by atoms with E-state index in [9.17, 15) is 9.59 Å². The first kappa shape index (κ1) is 17.9. The second-order valence-corrected chi connectivity index (χ2v) is 8.07. The fourth-order valence-electron chi connectivity index (χ4n) is 2.82. The van der Waals surface area contributed by atoms with E-state index < -0.39 is 11.9 Å². The molecule has 6 nitrogen and oxygen atoms in total. The van der Waals surface area contributed by atoms with Crippen molar-refractivity contribution in [1.29, 1.82) is 0 Å². The van der Waals surface area contributed by atoms with Crippen LogP contribution in [-0.4, -0.2) is 39.4 Å². The van der Waals surface area contributed by atoms with Gasteiger partial charge in [-0.15, -0.1) is 23.1 Å². The van der Waals surface area contributed by atoms with Crippen molar-refractivity contribution in [2.45, 2.75) is 31.2 Å². The normalized spacial score (nSPS) is 16.9. The van der Waals surface area contributed by atoms with Crippen molar-refractivity contribution in [2.75, 3.05) is 12.4 Å². The molecule has 2 aromatic heterocycles. The largest absolute Gasteiger partial charge is 0.478 e. The number of aromatic nitrogens is 2. The molecule has 1 atom stereocenters. The Bertz CT molecular complexity index is 831.